The Morgan fingerprint density at radius 2 is 2.03 bits per heavy atom. The van der Waals surface area contributed by atoms with Crippen molar-refractivity contribution in [1.82, 2.24) is 10.6 Å². The van der Waals surface area contributed by atoms with Crippen molar-refractivity contribution in [2.45, 2.75) is 38.5 Å². The van der Waals surface area contributed by atoms with Crippen LogP contribution < -0.4 is 21.0 Å². The van der Waals surface area contributed by atoms with Gasteiger partial charge in [0, 0.05) is 26.4 Å². The van der Waals surface area contributed by atoms with Crippen molar-refractivity contribution in [1.29, 1.82) is 0 Å². The largest absolute Gasteiger partial charge is 0.547 e. The molecule has 32 heavy (non-hydrogen) atoms. The van der Waals surface area contributed by atoms with E-state index in [1.165, 1.54) is 13.0 Å². The molecule has 1 fully saturated rings. The standard InChI is InChI=1S/C21H30BN3O7/c1-13(26)30-12-31-21(28)17-4-2-3-16-10-18(22(29)32-20(16)17)25-19(27)9-14-7-15(8-14)11-24-6-5-23/h2-4,14-15,18,24,29H,5-12,23H2,1H3,(H,25,27)/t14?,15?,18-/m0/s1. The molecule has 1 aliphatic heterocycles. The van der Waals surface area contributed by atoms with Crippen molar-refractivity contribution in [3.63, 3.8) is 0 Å². The minimum atomic E-state index is -1.30. The first-order valence-corrected chi connectivity index (χ1v) is 10.8. The fourth-order valence-electron chi connectivity index (χ4n) is 4.10. The molecule has 2 aliphatic rings. The molecule has 0 unspecified atom stereocenters. The van der Waals surface area contributed by atoms with Crippen LogP contribution in [0.2, 0.25) is 0 Å². The summed E-state index contributed by atoms with van der Waals surface area (Å²) in [7, 11) is -1.30. The van der Waals surface area contributed by atoms with Crippen molar-refractivity contribution < 1.29 is 33.5 Å². The Morgan fingerprint density at radius 3 is 2.75 bits per heavy atom. The highest BCUT2D eigenvalue weighted by atomic mass is 16.7. The minimum Gasteiger partial charge on any atom is -0.534 e. The Bertz CT molecular complexity index is 832. The topological polar surface area (TPSA) is 149 Å². The predicted octanol–water partition coefficient (Wildman–Crippen LogP) is -0.232. The lowest BCUT2D eigenvalue weighted by molar-refractivity contribution is -0.149. The molecule has 10 nitrogen and oxygen atoms in total. The van der Waals surface area contributed by atoms with Crippen LogP contribution in [-0.4, -0.2) is 62.4 Å². The van der Waals surface area contributed by atoms with Crippen LogP contribution in [0.4, 0.5) is 0 Å². The highest BCUT2D eigenvalue weighted by Crippen LogP contribution is 2.36. The van der Waals surface area contributed by atoms with E-state index in [1.54, 1.807) is 12.1 Å². The van der Waals surface area contributed by atoms with E-state index >= 15 is 0 Å². The number of fused-ring (bicyclic) bond motifs is 1. The second-order valence-corrected chi connectivity index (χ2v) is 8.27. The van der Waals surface area contributed by atoms with E-state index in [0.29, 0.717) is 36.8 Å². The molecule has 0 bridgehead atoms. The van der Waals surface area contributed by atoms with E-state index in [2.05, 4.69) is 15.4 Å². The SMILES string of the molecule is CC(=O)OCOC(=O)c1cccc2c1OB(O)[C@@H](NC(=O)CC1CC(CNCCN)C1)C2. The van der Waals surface area contributed by atoms with Crippen molar-refractivity contribution in [3.8, 4) is 5.75 Å². The maximum Gasteiger partial charge on any atom is 0.547 e. The summed E-state index contributed by atoms with van der Waals surface area (Å²) in [5.74, 6) is -0.941. The first kappa shape index (κ1) is 24.0. The molecule has 174 valence electrons. The van der Waals surface area contributed by atoms with Gasteiger partial charge in [-0.1, -0.05) is 12.1 Å². The smallest absolute Gasteiger partial charge is 0.534 e. The molecule has 1 aromatic rings. The number of hydrogen-bond acceptors (Lipinski definition) is 9. The van der Waals surface area contributed by atoms with Crippen molar-refractivity contribution in [3.05, 3.63) is 29.3 Å². The van der Waals surface area contributed by atoms with Gasteiger partial charge >= 0.3 is 19.1 Å². The summed E-state index contributed by atoms with van der Waals surface area (Å²) >= 11 is 0. The summed E-state index contributed by atoms with van der Waals surface area (Å²) in [6.07, 6.45) is 2.71. The number of ether oxygens (including phenoxy) is 2. The summed E-state index contributed by atoms with van der Waals surface area (Å²) in [6.45, 7) is 3.03. The number of benzene rings is 1. The van der Waals surface area contributed by atoms with Gasteiger partial charge in [-0.3, -0.25) is 9.59 Å². The van der Waals surface area contributed by atoms with Crippen LogP contribution in [0.3, 0.4) is 0 Å². The second kappa shape index (κ2) is 11.3. The number of carbonyl (C=O) groups excluding carboxylic acids is 3. The first-order valence-electron chi connectivity index (χ1n) is 10.8. The number of para-hydroxylation sites is 1. The molecule has 0 aromatic heterocycles. The third kappa shape index (κ3) is 6.44. The minimum absolute atomic E-state index is 0.113. The number of carbonyl (C=O) groups is 3. The fraction of sp³-hybridized carbons (Fsp3) is 0.571. The number of nitrogens with one attached hydrogen (secondary N) is 2. The lowest BCUT2D eigenvalue weighted by Gasteiger charge is -2.36. The van der Waals surface area contributed by atoms with Gasteiger partial charge in [-0.05, 0) is 49.3 Å². The van der Waals surface area contributed by atoms with Crippen LogP contribution in [0.25, 0.3) is 0 Å². The average Bonchev–Trinajstić information content (AvgIpc) is 2.71. The zero-order valence-corrected chi connectivity index (χ0v) is 18.2. The predicted molar refractivity (Wildman–Crippen MR) is 115 cm³/mol. The maximum atomic E-state index is 12.5. The number of nitrogens with two attached hydrogens (primary N) is 1. The van der Waals surface area contributed by atoms with Crippen molar-refractivity contribution in [2.75, 3.05) is 26.4 Å². The van der Waals surface area contributed by atoms with Crippen LogP contribution in [-0.2, 0) is 25.5 Å². The molecule has 1 heterocycles. The third-order valence-electron chi connectivity index (χ3n) is 5.70. The molecular weight excluding hydrogens is 417 g/mol. The third-order valence-corrected chi connectivity index (χ3v) is 5.70. The van der Waals surface area contributed by atoms with E-state index in [9.17, 15) is 19.4 Å². The molecule has 1 aromatic carbocycles. The van der Waals surface area contributed by atoms with Crippen LogP contribution >= 0.6 is 0 Å². The highest BCUT2D eigenvalue weighted by molar-refractivity contribution is 6.47. The van der Waals surface area contributed by atoms with Gasteiger partial charge in [0.05, 0.1) is 5.94 Å². The van der Waals surface area contributed by atoms with Gasteiger partial charge in [-0.2, -0.15) is 0 Å². The second-order valence-electron chi connectivity index (χ2n) is 8.27. The number of esters is 2. The molecule has 1 amide bonds. The summed E-state index contributed by atoms with van der Waals surface area (Å²) in [5.41, 5.74) is 6.24. The zero-order valence-electron chi connectivity index (χ0n) is 18.2. The average molecular weight is 447 g/mol. The molecule has 3 rings (SSSR count). The summed E-state index contributed by atoms with van der Waals surface area (Å²) < 4.78 is 15.1. The number of hydrogen-bond donors (Lipinski definition) is 4. The van der Waals surface area contributed by atoms with E-state index in [0.717, 1.165) is 25.9 Å². The number of amides is 1. The molecular formula is C21H30BN3O7. The summed E-state index contributed by atoms with van der Waals surface area (Å²) in [5, 5.41) is 16.6. The lowest BCUT2D eigenvalue weighted by Crippen LogP contribution is -2.53. The Hall–Kier alpha value is -2.63. The monoisotopic (exact) mass is 447 g/mol. The zero-order chi connectivity index (χ0) is 23.1. The van der Waals surface area contributed by atoms with E-state index in [1.807, 2.05) is 0 Å². The molecule has 1 aliphatic carbocycles. The van der Waals surface area contributed by atoms with Crippen LogP contribution in [0.1, 0.15) is 42.1 Å². The molecule has 0 spiro atoms. The molecule has 11 heteroatoms. The number of rotatable bonds is 10. The summed E-state index contributed by atoms with van der Waals surface area (Å²) in [6, 6.07) is 4.92. The normalized spacial score (nSPS) is 21.6. The quantitative estimate of drug-likeness (QED) is 0.165. The molecule has 1 atom stereocenters. The Balaban J connectivity index is 1.50. The van der Waals surface area contributed by atoms with Crippen LogP contribution in [0, 0.1) is 11.8 Å². The Morgan fingerprint density at radius 1 is 1.25 bits per heavy atom. The van der Waals surface area contributed by atoms with E-state index in [-0.39, 0.29) is 17.2 Å². The maximum absolute atomic E-state index is 12.5. The molecule has 0 radical (unpaired) electrons. The van der Waals surface area contributed by atoms with Gasteiger partial charge in [0.2, 0.25) is 12.7 Å². The summed E-state index contributed by atoms with van der Waals surface area (Å²) in [4.78, 5) is 35.5. The van der Waals surface area contributed by atoms with Crippen molar-refractivity contribution in [2.24, 2.45) is 17.6 Å². The molecule has 5 N–H and O–H groups in total. The van der Waals surface area contributed by atoms with E-state index in [4.69, 9.17) is 15.1 Å². The van der Waals surface area contributed by atoms with Gasteiger partial charge in [0.25, 0.3) is 0 Å². The van der Waals surface area contributed by atoms with Gasteiger partial charge in [0.1, 0.15) is 11.3 Å². The molecule has 1 saturated carbocycles. The highest BCUT2D eigenvalue weighted by Gasteiger charge is 2.39. The Kier molecular flexibility index (Phi) is 8.49. The van der Waals surface area contributed by atoms with Gasteiger partial charge in [0.15, 0.2) is 0 Å². The van der Waals surface area contributed by atoms with Gasteiger partial charge in [-0.15, -0.1) is 0 Å². The van der Waals surface area contributed by atoms with Crippen LogP contribution in [0.5, 0.6) is 5.75 Å². The Labute approximate surface area is 187 Å². The van der Waals surface area contributed by atoms with Gasteiger partial charge in [-0.25, -0.2) is 4.79 Å². The van der Waals surface area contributed by atoms with Crippen LogP contribution in [0.15, 0.2) is 18.2 Å². The lowest BCUT2D eigenvalue weighted by atomic mass is 9.71. The molecule has 0 saturated heterocycles. The van der Waals surface area contributed by atoms with Crippen molar-refractivity contribution >= 4 is 25.0 Å². The van der Waals surface area contributed by atoms with E-state index < -0.39 is 31.8 Å². The fourth-order valence-corrected chi connectivity index (χ4v) is 4.10. The first-order chi connectivity index (χ1) is 15.4. The van der Waals surface area contributed by atoms with Gasteiger partial charge < -0.3 is 35.5 Å².